The van der Waals surface area contributed by atoms with E-state index in [9.17, 15) is 0 Å². The number of likely N-dealkylation sites (N-methyl/N-ethyl adjacent to an activating group) is 1. The molecule has 0 radical (unpaired) electrons. The Morgan fingerprint density at radius 1 is 1.17 bits per heavy atom. The fourth-order valence-corrected chi connectivity index (χ4v) is 3.38. The van der Waals surface area contributed by atoms with Crippen LogP contribution in [0.5, 0.6) is 0 Å². The van der Waals surface area contributed by atoms with Crippen molar-refractivity contribution in [2.45, 2.75) is 37.6 Å². The molecule has 2 rings (SSSR count). The van der Waals surface area contributed by atoms with Crippen molar-refractivity contribution in [2.75, 3.05) is 53.9 Å². The molecule has 8 heteroatoms. The molecular formula is C15H35N7O. The van der Waals surface area contributed by atoms with Crippen molar-refractivity contribution >= 4 is 0 Å². The topological polar surface area (TPSA) is 93.4 Å². The van der Waals surface area contributed by atoms with Crippen LogP contribution in [-0.2, 0) is 4.74 Å². The summed E-state index contributed by atoms with van der Waals surface area (Å²) in [6.45, 7) is 4.88. The molecule has 2 heterocycles. The zero-order valence-corrected chi connectivity index (χ0v) is 14.7. The zero-order valence-electron chi connectivity index (χ0n) is 14.7. The van der Waals surface area contributed by atoms with E-state index in [2.05, 4.69) is 37.2 Å². The lowest BCUT2D eigenvalue weighted by atomic mass is 9.93. The molecule has 23 heavy (non-hydrogen) atoms. The number of nitrogens with one attached hydrogen (secondary N) is 7. The van der Waals surface area contributed by atoms with Crippen LogP contribution in [0.4, 0.5) is 0 Å². The highest BCUT2D eigenvalue weighted by Gasteiger charge is 2.31. The first kappa shape index (κ1) is 19.0. The second kappa shape index (κ2) is 10.5. The van der Waals surface area contributed by atoms with Gasteiger partial charge in [0.15, 0.2) is 0 Å². The van der Waals surface area contributed by atoms with Gasteiger partial charge in [0.25, 0.3) is 0 Å². The van der Waals surface area contributed by atoms with Crippen LogP contribution in [0.3, 0.4) is 0 Å². The monoisotopic (exact) mass is 329 g/mol. The van der Waals surface area contributed by atoms with Crippen molar-refractivity contribution in [3.63, 3.8) is 0 Å². The molecule has 5 atom stereocenters. The lowest BCUT2D eigenvalue weighted by Crippen LogP contribution is -2.67. The summed E-state index contributed by atoms with van der Waals surface area (Å²) in [5, 5.41) is 24.2. The van der Waals surface area contributed by atoms with Crippen molar-refractivity contribution in [2.24, 2.45) is 5.92 Å². The number of hydrogen-bond acceptors (Lipinski definition) is 8. The molecule has 2 aliphatic rings. The molecule has 0 amide bonds. The average Bonchev–Trinajstić information content (AvgIpc) is 2.59. The van der Waals surface area contributed by atoms with Gasteiger partial charge in [-0.05, 0) is 26.9 Å². The third-order valence-corrected chi connectivity index (χ3v) is 4.69. The van der Waals surface area contributed by atoms with Crippen LogP contribution < -0.4 is 37.2 Å². The van der Waals surface area contributed by atoms with E-state index in [1.54, 1.807) is 7.11 Å². The Morgan fingerprint density at radius 2 is 2.04 bits per heavy atom. The minimum atomic E-state index is 0.132. The molecule has 0 bridgehead atoms. The largest absolute Gasteiger partial charge is 0.366 e. The predicted octanol–water partition coefficient (Wildman–Crippen LogP) is -2.25. The lowest BCUT2D eigenvalue weighted by Gasteiger charge is -2.40. The van der Waals surface area contributed by atoms with Crippen molar-refractivity contribution in [1.29, 1.82) is 0 Å². The van der Waals surface area contributed by atoms with Gasteiger partial charge in [-0.3, -0.25) is 21.3 Å². The number of ether oxygens (including phenoxy) is 1. The van der Waals surface area contributed by atoms with Gasteiger partial charge in [-0.2, -0.15) is 0 Å². The normalized spacial score (nSPS) is 35.3. The number of methoxy groups -OCH3 is 1. The third kappa shape index (κ3) is 6.24. The van der Waals surface area contributed by atoms with Gasteiger partial charge < -0.3 is 20.7 Å². The molecule has 2 fully saturated rings. The number of rotatable bonds is 9. The summed E-state index contributed by atoms with van der Waals surface area (Å²) in [7, 11) is 5.76. The summed E-state index contributed by atoms with van der Waals surface area (Å²) in [5.41, 5.74) is 0. The second-order valence-corrected chi connectivity index (χ2v) is 6.42. The fraction of sp³-hybridized carbons (Fsp3) is 1.00. The number of hydrogen-bond donors (Lipinski definition) is 7. The molecule has 5 unspecified atom stereocenters. The van der Waals surface area contributed by atoms with E-state index in [0.717, 1.165) is 45.6 Å². The Morgan fingerprint density at radius 3 is 2.78 bits per heavy atom. The van der Waals surface area contributed by atoms with Crippen LogP contribution in [0.15, 0.2) is 0 Å². The van der Waals surface area contributed by atoms with Crippen molar-refractivity contribution < 1.29 is 4.74 Å². The Balaban J connectivity index is 1.76. The van der Waals surface area contributed by atoms with E-state index in [4.69, 9.17) is 4.74 Å². The van der Waals surface area contributed by atoms with Crippen LogP contribution in [0.2, 0.25) is 0 Å². The van der Waals surface area contributed by atoms with Crippen molar-refractivity contribution in [1.82, 2.24) is 37.2 Å². The zero-order chi connectivity index (χ0) is 16.5. The summed E-state index contributed by atoms with van der Waals surface area (Å²) >= 11 is 0. The Bertz CT molecular complexity index is 320. The van der Waals surface area contributed by atoms with Gasteiger partial charge >= 0.3 is 0 Å². The smallest absolute Gasteiger partial charge is 0.113 e. The summed E-state index contributed by atoms with van der Waals surface area (Å²) in [6.07, 6.45) is 2.86. The van der Waals surface area contributed by atoms with Gasteiger partial charge in [0, 0.05) is 51.8 Å². The first-order chi connectivity index (χ1) is 11.3. The van der Waals surface area contributed by atoms with Crippen molar-refractivity contribution in [3.8, 4) is 0 Å². The van der Waals surface area contributed by atoms with E-state index in [1.807, 2.05) is 14.1 Å². The van der Waals surface area contributed by atoms with Gasteiger partial charge in [-0.15, -0.1) is 0 Å². The molecule has 0 aromatic carbocycles. The maximum Gasteiger partial charge on any atom is 0.113 e. The van der Waals surface area contributed by atoms with Crippen molar-refractivity contribution in [3.05, 3.63) is 0 Å². The fourth-order valence-electron chi connectivity index (χ4n) is 3.38. The first-order valence-electron chi connectivity index (χ1n) is 8.81. The summed E-state index contributed by atoms with van der Waals surface area (Å²) in [5.74, 6) is 0.465. The molecular weight excluding hydrogens is 294 g/mol. The molecule has 0 spiro atoms. The Labute approximate surface area is 140 Å². The second-order valence-electron chi connectivity index (χ2n) is 6.42. The summed E-state index contributed by atoms with van der Waals surface area (Å²) in [6, 6.07) is 0.429. The molecule has 0 saturated carbocycles. The average molecular weight is 329 g/mol. The van der Waals surface area contributed by atoms with Crippen LogP contribution in [0.1, 0.15) is 12.8 Å². The molecule has 0 aromatic heterocycles. The minimum absolute atomic E-state index is 0.132. The van der Waals surface area contributed by atoms with Gasteiger partial charge in [-0.25, -0.2) is 0 Å². The molecule has 7 N–H and O–H groups in total. The van der Waals surface area contributed by atoms with Gasteiger partial charge in [0.2, 0.25) is 0 Å². The third-order valence-electron chi connectivity index (χ3n) is 4.69. The van der Waals surface area contributed by atoms with Crippen LogP contribution in [0.25, 0.3) is 0 Å². The number of piperidine rings is 1. The maximum atomic E-state index is 5.60. The van der Waals surface area contributed by atoms with E-state index in [0.29, 0.717) is 18.1 Å². The predicted molar refractivity (Wildman–Crippen MR) is 93.0 cm³/mol. The van der Waals surface area contributed by atoms with E-state index < -0.39 is 0 Å². The highest BCUT2D eigenvalue weighted by molar-refractivity contribution is 4.88. The van der Waals surface area contributed by atoms with E-state index >= 15 is 0 Å². The summed E-state index contributed by atoms with van der Waals surface area (Å²) < 4.78 is 5.60. The standard InChI is InChI=1S/C15H35N7O/c1-16-6-7-18-9-11-8-12(10-20-14(11)23-3)21-15-19-5-4-13(17-2)22-15/h11-22H,4-10H2,1-3H3. The highest BCUT2D eigenvalue weighted by atomic mass is 16.5. The molecule has 2 aliphatic heterocycles. The molecule has 2 saturated heterocycles. The molecule has 0 aliphatic carbocycles. The van der Waals surface area contributed by atoms with E-state index in [-0.39, 0.29) is 12.5 Å². The van der Waals surface area contributed by atoms with Gasteiger partial charge in [-0.1, -0.05) is 0 Å². The lowest BCUT2D eigenvalue weighted by molar-refractivity contribution is -0.00444. The molecule has 136 valence electrons. The van der Waals surface area contributed by atoms with Gasteiger partial charge in [0.1, 0.15) is 12.5 Å². The first-order valence-corrected chi connectivity index (χ1v) is 8.81. The van der Waals surface area contributed by atoms with E-state index in [1.165, 1.54) is 0 Å². The van der Waals surface area contributed by atoms with Crippen LogP contribution in [-0.4, -0.2) is 78.7 Å². The van der Waals surface area contributed by atoms with Gasteiger partial charge in [0.05, 0.1) is 6.17 Å². The summed E-state index contributed by atoms with van der Waals surface area (Å²) in [4.78, 5) is 0. The van der Waals surface area contributed by atoms with Crippen LogP contribution in [0, 0.1) is 5.92 Å². The maximum absolute atomic E-state index is 5.60. The SMILES string of the molecule is CNCCNCC1CC(NC2NCCC(NC)N2)CNC1OC. The molecule has 8 nitrogen and oxygen atoms in total. The minimum Gasteiger partial charge on any atom is -0.366 e. The van der Waals surface area contributed by atoms with Crippen LogP contribution >= 0.6 is 0 Å². The molecule has 0 aromatic rings. The Hall–Kier alpha value is -0.320. The Kier molecular flexibility index (Phi) is 8.70. The highest BCUT2D eigenvalue weighted by Crippen LogP contribution is 2.17. The quantitative estimate of drug-likeness (QED) is 0.239.